The van der Waals surface area contributed by atoms with Crippen molar-refractivity contribution in [2.45, 2.75) is 31.7 Å². The second-order valence-corrected chi connectivity index (χ2v) is 7.76. The van der Waals surface area contributed by atoms with Crippen molar-refractivity contribution in [3.8, 4) is 17.0 Å². The molecule has 3 fully saturated rings. The van der Waals surface area contributed by atoms with Crippen LogP contribution in [-0.4, -0.2) is 53.4 Å². The molecule has 0 aliphatic carbocycles. The van der Waals surface area contributed by atoms with Crippen molar-refractivity contribution in [3.63, 3.8) is 0 Å². The molecule has 0 radical (unpaired) electrons. The van der Waals surface area contributed by atoms with Crippen LogP contribution in [0.3, 0.4) is 0 Å². The number of aryl methyl sites for hydroxylation is 1. The van der Waals surface area contributed by atoms with E-state index >= 15 is 0 Å². The summed E-state index contributed by atoms with van der Waals surface area (Å²) in [5.74, 6) is 2.05. The Bertz CT molecular complexity index is 831. The number of para-hydroxylation sites is 1. The van der Waals surface area contributed by atoms with E-state index in [1.807, 2.05) is 29.9 Å². The van der Waals surface area contributed by atoms with E-state index in [-0.39, 0.29) is 5.91 Å². The lowest BCUT2D eigenvalue weighted by atomic mass is 9.74. The normalized spacial score (nSPS) is 26.8. The molecular weight excluding hydrogens is 340 g/mol. The molecule has 6 heteroatoms. The van der Waals surface area contributed by atoms with Crippen molar-refractivity contribution in [2.24, 2.45) is 13.0 Å². The van der Waals surface area contributed by atoms with Crippen molar-refractivity contribution >= 4 is 5.91 Å². The number of hydrogen-bond acceptors (Lipinski definition) is 4. The Morgan fingerprint density at radius 3 is 2.89 bits per heavy atom. The Balaban J connectivity index is 1.55. The topological polar surface area (TPSA) is 59.4 Å². The summed E-state index contributed by atoms with van der Waals surface area (Å²) in [5, 5.41) is 7.78. The van der Waals surface area contributed by atoms with Crippen LogP contribution in [0.5, 0.6) is 5.75 Å². The van der Waals surface area contributed by atoms with E-state index in [4.69, 9.17) is 9.84 Å². The number of carbonyl (C=O) groups is 1. The molecule has 1 N–H and O–H groups in total. The van der Waals surface area contributed by atoms with Crippen LogP contribution in [0.4, 0.5) is 0 Å². The average Bonchev–Trinajstić information content (AvgIpc) is 3.08. The molecule has 1 aromatic carbocycles. The van der Waals surface area contributed by atoms with Crippen molar-refractivity contribution in [2.75, 3.05) is 26.7 Å². The largest absolute Gasteiger partial charge is 0.496 e. The van der Waals surface area contributed by atoms with Crippen molar-refractivity contribution in [1.82, 2.24) is 20.0 Å². The van der Waals surface area contributed by atoms with Gasteiger partial charge in [-0.2, -0.15) is 5.10 Å². The maximum absolute atomic E-state index is 11.3. The minimum Gasteiger partial charge on any atom is -0.496 e. The van der Waals surface area contributed by atoms with Crippen LogP contribution in [-0.2, 0) is 11.8 Å². The van der Waals surface area contributed by atoms with Gasteiger partial charge < -0.3 is 10.1 Å². The molecule has 4 unspecified atom stereocenters. The summed E-state index contributed by atoms with van der Waals surface area (Å²) in [6.45, 7) is 4.52. The monoisotopic (exact) mass is 368 g/mol. The van der Waals surface area contributed by atoms with Crippen LogP contribution >= 0.6 is 0 Å². The average molecular weight is 368 g/mol. The van der Waals surface area contributed by atoms with Gasteiger partial charge in [0.25, 0.3) is 0 Å². The number of nitrogens with zero attached hydrogens (tertiary/aromatic N) is 3. The van der Waals surface area contributed by atoms with Gasteiger partial charge in [0.2, 0.25) is 5.91 Å². The number of amides is 1. The quantitative estimate of drug-likeness (QED) is 0.881. The fraction of sp³-hybridized carbons (Fsp3) is 0.524. The van der Waals surface area contributed by atoms with Gasteiger partial charge in [-0.1, -0.05) is 12.1 Å². The Hall–Kier alpha value is -2.34. The number of aromatic nitrogens is 2. The summed E-state index contributed by atoms with van der Waals surface area (Å²) < 4.78 is 7.55. The summed E-state index contributed by atoms with van der Waals surface area (Å²) in [6, 6.07) is 10.7. The van der Waals surface area contributed by atoms with E-state index in [1.165, 1.54) is 12.1 Å². The first kappa shape index (κ1) is 18.0. The Kier molecular flexibility index (Phi) is 4.91. The molecule has 2 aromatic rings. The lowest BCUT2D eigenvalue weighted by molar-refractivity contribution is -0.119. The molecule has 5 rings (SSSR count). The zero-order chi connectivity index (χ0) is 19.0. The molecule has 4 atom stereocenters. The Labute approximate surface area is 160 Å². The van der Waals surface area contributed by atoms with Crippen molar-refractivity contribution in [1.29, 1.82) is 0 Å². The van der Waals surface area contributed by atoms with Crippen LogP contribution < -0.4 is 10.1 Å². The highest BCUT2D eigenvalue weighted by Crippen LogP contribution is 2.42. The minimum absolute atomic E-state index is 0.0577. The summed E-state index contributed by atoms with van der Waals surface area (Å²) in [5.41, 5.74) is 3.30. The molecule has 144 valence electrons. The number of benzene rings is 1. The molecule has 27 heavy (non-hydrogen) atoms. The summed E-state index contributed by atoms with van der Waals surface area (Å²) in [6.07, 6.45) is 2.36. The molecule has 1 aromatic heterocycles. The van der Waals surface area contributed by atoms with E-state index in [0.717, 1.165) is 43.1 Å². The molecule has 6 nitrogen and oxygen atoms in total. The molecule has 3 saturated heterocycles. The minimum atomic E-state index is 0.0577. The van der Waals surface area contributed by atoms with Gasteiger partial charge in [0.1, 0.15) is 5.75 Å². The van der Waals surface area contributed by atoms with E-state index in [1.54, 1.807) is 14.0 Å². The number of carbonyl (C=O) groups excluding carboxylic acids is 1. The number of fused-ring (bicyclic) bond motifs is 3. The smallest absolute Gasteiger partial charge is 0.216 e. The van der Waals surface area contributed by atoms with E-state index < -0.39 is 0 Å². The second kappa shape index (κ2) is 7.35. The number of ether oxygens (including phenoxy) is 1. The van der Waals surface area contributed by atoms with Crippen LogP contribution in [0, 0.1) is 5.92 Å². The molecule has 3 aliphatic heterocycles. The number of piperidine rings is 3. The van der Waals surface area contributed by atoms with Crippen LogP contribution in [0.2, 0.25) is 0 Å². The van der Waals surface area contributed by atoms with Gasteiger partial charge in [-0.25, -0.2) is 0 Å². The summed E-state index contributed by atoms with van der Waals surface area (Å²) in [7, 11) is 3.74. The van der Waals surface area contributed by atoms with Gasteiger partial charge in [-0.15, -0.1) is 0 Å². The zero-order valence-electron chi connectivity index (χ0n) is 16.3. The number of rotatable bonds is 5. The molecule has 2 bridgehead atoms. The van der Waals surface area contributed by atoms with Crippen LogP contribution in [0.15, 0.2) is 30.3 Å². The first-order valence-corrected chi connectivity index (χ1v) is 9.72. The van der Waals surface area contributed by atoms with E-state index in [2.05, 4.69) is 22.3 Å². The lowest BCUT2D eigenvalue weighted by Crippen LogP contribution is -2.56. The van der Waals surface area contributed by atoms with Gasteiger partial charge in [0, 0.05) is 50.3 Å². The SMILES string of the molecule is COc1ccccc1-c1cc(C2CN3CCC2CC3CNC(C)=O)n(C)n1. The molecule has 0 saturated carbocycles. The molecule has 1 amide bonds. The number of nitrogens with one attached hydrogen (secondary N) is 1. The molecule has 3 aliphatic rings. The van der Waals surface area contributed by atoms with E-state index in [0.29, 0.717) is 17.9 Å². The van der Waals surface area contributed by atoms with Crippen LogP contribution in [0.1, 0.15) is 31.4 Å². The van der Waals surface area contributed by atoms with Gasteiger partial charge in [-0.05, 0) is 43.5 Å². The van der Waals surface area contributed by atoms with Gasteiger partial charge in [0.05, 0.1) is 12.8 Å². The Morgan fingerprint density at radius 1 is 1.37 bits per heavy atom. The van der Waals surface area contributed by atoms with E-state index in [9.17, 15) is 4.79 Å². The number of hydrogen-bond donors (Lipinski definition) is 1. The van der Waals surface area contributed by atoms with Crippen molar-refractivity contribution in [3.05, 3.63) is 36.0 Å². The maximum Gasteiger partial charge on any atom is 0.216 e. The summed E-state index contributed by atoms with van der Waals surface area (Å²) >= 11 is 0. The Morgan fingerprint density at radius 2 is 2.19 bits per heavy atom. The third-order valence-electron chi connectivity index (χ3n) is 6.14. The predicted molar refractivity (Wildman–Crippen MR) is 105 cm³/mol. The third-order valence-corrected chi connectivity index (χ3v) is 6.14. The van der Waals surface area contributed by atoms with Crippen LogP contribution in [0.25, 0.3) is 11.3 Å². The first-order valence-electron chi connectivity index (χ1n) is 9.72. The number of methoxy groups -OCH3 is 1. The van der Waals surface area contributed by atoms with Crippen molar-refractivity contribution < 1.29 is 9.53 Å². The summed E-state index contributed by atoms with van der Waals surface area (Å²) in [4.78, 5) is 13.8. The second-order valence-electron chi connectivity index (χ2n) is 7.76. The maximum atomic E-state index is 11.3. The third kappa shape index (κ3) is 3.46. The van der Waals surface area contributed by atoms with Gasteiger partial charge >= 0.3 is 0 Å². The highest BCUT2D eigenvalue weighted by Gasteiger charge is 2.41. The predicted octanol–water partition coefficient (Wildman–Crippen LogP) is 2.41. The zero-order valence-corrected chi connectivity index (χ0v) is 16.3. The molecule has 0 spiro atoms. The fourth-order valence-corrected chi connectivity index (χ4v) is 4.76. The highest BCUT2D eigenvalue weighted by atomic mass is 16.5. The highest BCUT2D eigenvalue weighted by molar-refractivity contribution is 5.72. The van der Waals surface area contributed by atoms with Gasteiger partial charge in [0.15, 0.2) is 0 Å². The molecule has 4 heterocycles. The standard InChI is InChI=1S/C21H28N4O2/c1-14(26)22-12-16-10-15-8-9-25(16)13-18(15)20-11-19(23-24(20)2)17-6-4-5-7-21(17)27-3/h4-7,11,15-16,18H,8-10,12-13H2,1-3H3,(H,22,26). The lowest BCUT2D eigenvalue weighted by Gasteiger charge is -2.49. The fourth-order valence-electron chi connectivity index (χ4n) is 4.76. The van der Waals surface area contributed by atoms with Gasteiger partial charge in [-0.3, -0.25) is 14.4 Å². The first-order chi connectivity index (χ1) is 13.1. The molecular formula is C21H28N4O2.